The van der Waals surface area contributed by atoms with E-state index in [2.05, 4.69) is 20.8 Å². The molecule has 2 aromatic rings. The van der Waals surface area contributed by atoms with Crippen LogP contribution in [0.1, 0.15) is 26.3 Å². The van der Waals surface area contributed by atoms with Gasteiger partial charge in [-0.3, -0.25) is 5.41 Å². The molecule has 3 nitrogen and oxygen atoms in total. The molecule has 0 aliphatic rings. The van der Waals surface area contributed by atoms with Crippen molar-refractivity contribution < 1.29 is 4.74 Å². The Morgan fingerprint density at radius 1 is 1.16 bits per heavy atom. The molecule has 100 valence electrons. The lowest BCUT2D eigenvalue weighted by Gasteiger charge is -2.21. The van der Waals surface area contributed by atoms with Gasteiger partial charge in [-0.05, 0) is 22.3 Å². The number of nitrogen functional groups attached to an aromatic ring is 1. The summed E-state index contributed by atoms with van der Waals surface area (Å²) in [5.74, 6) is 0.724. The molecule has 0 amide bonds. The first-order valence-electron chi connectivity index (χ1n) is 6.37. The fraction of sp³-hybridized carbons (Fsp3) is 0.312. The van der Waals surface area contributed by atoms with Crippen LogP contribution in [0, 0.1) is 10.8 Å². The fourth-order valence-electron chi connectivity index (χ4n) is 1.94. The first-order valence-corrected chi connectivity index (χ1v) is 6.37. The normalized spacial score (nSPS) is 11.5. The largest absolute Gasteiger partial charge is 0.492 e. The van der Waals surface area contributed by atoms with Crippen molar-refractivity contribution in [1.82, 2.24) is 0 Å². The van der Waals surface area contributed by atoms with Crippen LogP contribution in [-0.2, 0) is 0 Å². The van der Waals surface area contributed by atoms with E-state index in [1.165, 1.54) is 0 Å². The standard InChI is InChI=1S/C16H20N2O/c1-16(2,3)10-19-13-9-8-11-6-4-5-7-12(11)14(13)15(17)18/h4-9H,10H2,1-3H3,(H3,17,18). The van der Waals surface area contributed by atoms with Gasteiger partial charge in [-0.25, -0.2) is 0 Å². The molecule has 0 bridgehead atoms. The van der Waals surface area contributed by atoms with E-state index in [9.17, 15) is 0 Å². The summed E-state index contributed by atoms with van der Waals surface area (Å²) in [6.45, 7) is 6.93. The van der Waals surface area contributed by atoms with Crippen molar-refractivity contribution in [2.45, 2.75) is 20.8 Å². The van der Waals surface area contributed by atoms with E-state index >= 15 is 0 Å². The predicted octanol–water partition coefficient (Wildman–Crippen LogP) is 3.55. The van der Waals surface area contributed by atoms with E-state index < -0.39 is 0 Å². The molecule has 0 aliphatic carbocycles. The summed E-state index contributed by atoms with van der Waals surface area (Å²) < 4.78 is 5.85. The molecule has 0 aliphatic heterocycles. The fourth-order valence-corrected chi connectivity index (χ4v) is 1.94. The van der Waals surface area contributed by atoms with E-state index in [-0.39, 0.29) is 11.3 Å². The highest BCUT2D eigenvalue weighted by Crippen LogP contribution is 2.29. The number of benzene rings is 2. The maximum atomic E-state index is 7.79. The third kappa shape index (κ3) is 3.05. The van der Waals surface area contributed by atoms with Gasteiger partial charge in [0.2, 0.25) is 0 Å². The second kappa shape index (κ2) is 4.92. The van der Waals surface area contributed by atoms with Gasteiger partial charge >= 0.3 is 0 Å². The van der Waals surface area contributed by atoms with E-state index in [0.29, 0.717) is 17.9 Å². The van der Waals surface area contributed by atoms with Crippen molar-refractivity contribution >= 4 is 16.6 Å². The second-order valence-electron chi connectivity index (χ2n) is 5.92. The lowest BCUT2D eigenvalue weighted by Crippen LogP contribution is -2.19. The number of rotatable bonds is 3. The summed E-state index contributed by atoms with van der Waals surface area (Å²) in [6, 6.07) is 11.8. The predicted molar refractivity (Wildman–Crippen MR) is 79.9 cm³/mol. The maximum absolute atomic E-state index is 7.79. The van der Waals surface area contributed by atoms with Gasteiger partial charge in [0, 0.05) is 0 Å². The zero-order chi connectivity index (χ0) is 14.0. The molecule has 2 rings (SSSR count). The summed E-state index contributed by atoms with van der Waals surface area (Å²) in [4.78, 5) is 0. The first-order chi connectivity index (χ1) is 8.88. The number of nitrogens with one attached hydrogen (secondary N) is 1. The van der Waals surface area contributed by atoms with E-state index in [1.807, 2.05) is 36.4 Å². The van der Waals surface area contributed by atoms with Gasteiger partial charge in [-0.15, -0.1) is 0 Å². The quantitative estimate of drug-likeness (QED) is 0.651. The first kappa shape index (κ1) is 13.4. The SMILES string of the molecule is CC(C)(C)COc1ccc2ccccc2c1C(=N)N. The highest BCUT2D eigenvalue weighted by Gasteiger charge is 2.15. The van der Waals surface area contributed by atoms with Gasteiger partial charge in [-0.1, -0.05) is 51.1 Å². The molecule has 0 radical (unpaired) electrons. The molecular formula is C16H20N2O. The van der Waals surface area contributed by atoms with Crippen LogP contribution in [0.15, 0.2) is 36.4 Å². The third-order valence-electron chi connectivity index (χ3n) is 2.82. The van der Waals surface area contributed by atoms with Gasteiger partial charge < -0.3 is 10.5 Å². The lowest BCUT2D eigenvalue weighted by molar-refractivity contribution is 0.198. The van der Waals surface area contributed by atoms with E-state index in [1.54, 1.807) is 0 Å². The highest BCUT2D eigenvalue weighted by molar-refractivity contribution is 6.09. The topological polar surface area (TPSA) is 59.1 Å². The average molecular weight is 256 g/mol. The summed E-state index contributed by atoms with van der Waals surface area (Å²) >= 11 is 0. The third-order valence-corrected chi connectivity index (χ3v) is 2.82. The molecule has 3 heteroatoms. The molecule has 0 aromatic heterocycles. The van der Waals surface area contributed by atoms with Gasteiger partial charge in [0.15, 0.2) is 0 Å². The lowest BCUT2D eigenvalue weighted by atomic mass is 9.98. The molecule has 2 aromatic carbocycles. The molecule has 0 spiro atoms. The minimum Gasteiger partial charge on any atom is -0.492 e. The van der Waals surface area contributed by atoms with E-state index in [0.717, 1.165) is 10.8 Å². The van der Waals surface area contributed by atoms with Gasteiger partial charge in [0.25, 0.3) is 0 Å². The monoisotopic (exact) mass is 256 g/mol. The Morgan fingerprint density at radius 3 is 2.47 bits per heavy atom. The second-order valence-corrected chi connectivity index (χ2v) is 5.92. The molecule has 0 unspecified atom stereocenters. The number of hydrogen-bond donors (Lipinski definition) is 2. The van der Waals surface area contributed by atoms with Gasteiger partial charge in [0.05, 0.1) is 12.2 Å². The Labute approximate surface area is 113 Å². The van der Waals surface area contributed by atoms with Crippen LogP contribution in [0.4, 0.5) is 0 Å². The summed E-state index contributed by atoms with van der Waals surface area (Å²) in [5, 5.41) is 9.82. The summed E-state index contributed by atoms with van der Waals surface area (Å²) in [5.41, 5.74) is 6.48. The number of amidine groups is 1. The van der Waals surface area contributed by atoms with Crippen LogP contribution < -0.4 is 10.5 Å². The van der Waals surface area contributed by atoms with Crippen molar-refractivity contribution in [3.8, 4) is 5.75 Å². The van der Waals surface area contributed by atoms with Crippen LogP contribution in [-0.4, -0.2) is 12.4 Å². The van der Waals surface area contributed by atoms with Crippen LogP contribution in [0.3, 0.4) is 0 Å². The van der Waals surface area contributed by atoms with Gasteiger partial charge in [-0.2, -0.15) is 0 Å². The Kier molecular flexibility index (Phi) is 3.47. The Morgan fingerprint density at radius 2 is 1.84 bits per heavy atom. The Hall–Kier alpha value is -2.03. The molecule has 3 N–H and O–H groups in total. The Bertz CT molecular complexity index is 612. The average Bonchev–Trinajstić information content (AvgIpc) is 2.34. The molecule has 0 fully saturated rings. The number of nitrogens with two attached hydrogens (primary N) is 1. The molecule has 0 heterocycles. The highest BCUT2D eigenvalue weighted by atomic mass is 16.5. The van der Waals surface area contributed by atoms with Gasteiger partial charge in [0.1, 0.15) is 11.6 Å². The number of hydrogen-bond acceptors (Lipinski definition) is 2. The van der Waals surface area contributed by atoms with Crippen LogP contribution in [0.25, 0.3) is 10.8 Å². The van der Waals surface area contributed by atoms with Crippen LogP contribution >= 0.6 is 0 Å². The minimum atomic E-state index is 0.0423. The number of fused-ring (bicyclic) bond motifs is 1. The Balaban J connectivity index is 2.49. The van der Waals surface area contributed by atoms with Crippen LogP contribution in [0.5, 0.6) is 5.75 Å². The smallest absolute Gasteiger partial charge is 0.130 e. The van der Waals surface area contributed by atoms with E-state index in [4.69, 9.17) is 15.9 Å². The zero-order valence-electron chi connectivity index (χ0n) is 11.7. The summed E-state index contributed by atoms with van der Waals surface area (Å²) in [7, 11) is 0. The molecule has 0 atom stereocenters. The van der Waals surface area contributed by atoms with Crippen LogP contribution in [0.2, 0.25) is 0 Å². The summed E-state index contributed by atoms with van der Waals surface area (Å²) in [6.07, 6.45) is 0. The zero-order valence-corrected chi connectivity index (χ0v) is 11.7. The molecule has 0 saturated heterocycles. The van der Waals surface area contributed by atoms with Crippen molar-refractivity contribution in [2.24, 2.45) is 11.1 Å². The van der Waals surface area contributed by atoms with Crippen molar-refractivity contribution in [3.05, 3.63) is 42.0 Å². The molecular weight excluding hydrogens is 236 g/mol. The maximum Gasteiger partial charge on any atom is 0.130 e. The minimum absolute atomic E-state index is 0.0423. The number of ether oxygens (including phenoxy) is 1. The molecule has 0 saturated carbocycles. The van der Waals surface area contributed by atoms with Crippen molar-refractivity contribution in [2.75, 3.05) is 6.61 Å². The van der Waals surface area contributed by atoms with Crippen molar-refractivity contribution in [3.63, 3.8) is 0 Å². The van der Waals surface area contributed by atoms with Crippen molar-refractivity contribution in [1.29, 1.82) is 5.41 Å². The molecule has 19 heavy (non-hydrogen) atoms.